The Kier molecular flexibility index (Phi) is 6.13. The average Bonchev–Trinajstić information content (AvgIpc) is 3.32. The van der Waals surface area contributed by atoms with E-state index in [2.05, 4.69) is 15.5 Å². The molecule has 1 N–H and O–H groups in total. The minimum atomic E-state index is -0.382. The first-order valence-corrected chi connectivity index (χ1v) is 11.5. The Hall–Kier alpha value is -3.55. The third kappa shape index (κ3) is 4.44. The van der Waals surface area contributed by atoms with Crippen LogP contribution in [0.15, 0.2) is 89.1 Å². The minimum Gasteiger partial charge on any atom is -0.351 e. The van der Waals surface area contributed by atoms with Crippen molar-refractivity contribution >= 4 is 34.5 Å². The highest BCUT2D eigenvalue weighted by Crippen LogP contribution is 2.38. The molecule has 0 fully saturated rings. The van der Waals surface area contributed by atoms with E-state index in [1.54, 1.807) is 12.1 Å². The molecule has 4 aromatic rings. The Labute approximate surface area is 206 Å². The molecule has 1 unspecified atom stereocenters. The summed E-state index contributed by atoms with van der Waals surface area (Å²) in [5, 5.41) is 8.78. The summed E-state index contributed by atoms with van der Waals surface area (Å²) in [5.74, 6) is 0.552. The van der Waals surface area contributed by atoms with Crippen LogP contribution in [0.5, 0.6) is 0 Å². The number of hydrogen-bond donors (Lipinski definition) is 1. The van der Waals surface area contributed by atoms with Gasteiger partial charge in [-0.15, -0.1) is 0 Å². The molecule has 0 spiro atoms. The molecule has 34 heavy (non-hydrogen) atoms. The molecule has 0 amide bonds. The predicted octanol–water partition coefficient (Wildman–Crippen LogP) is 6.39. The van der Waals surface area contributed by atoms with E-state index in [1.165, 1.54) is 12.1 Å². The molecule has 170 valence electrons. The fourth-order valence-electron chi connectivity index (χ4n) is 4.01. The highest BCUT2D eigenvalue weighted by Gasteiger charge is 2.34. The molecule has 5 nitrogen and oxygen atoms in total. The van der Waals surface area contributed by atoms with E-state index in [1.807, 2.05) is 66.4 Å². The number of nitrogens with zero attached hydrogens (tertiary/aromatic N) is 3. The summed E-state index contributed by atoms with van der Waals surface area (Å²) in [5.41, 5.74) is 4.33. The van der Waals surface area contributed by atoms with E-state index in [0.29, 0.717) is 28.4 Å². The molecule has 8 heteroatoms. The lowest BCUT2D eigenvalue weighted by Gasteiger charge is -2.37. The standard InChI is InChI=1S/C26H20ClFN4OS/c1-16-22(25-30-24(31-33-25)19-7-3-2-4-8-19)23(18-10-12-21(28)13-11-18)29-26(34)32(16)15-17-6-5-9-20(27)14-17/h2-14,23H,15H2,1H3,(H,29,34). The quantitative estimate of drug-likeness (QED) is 0.327. The van der Waals surface area contributed by atoms with E-state index in [0.717, 1.165) is 28.0 Å². The second-order valence-electron chi connectivity index (χ2n) is 7.94. The zero-order chi connectivity index (χ0) is 23.7. The van der Waals surface area contributed by atoms with E-state index < -0.39 is 0 Å². The molecule has 2 heterocycles. The van der Waals surface area contributed by atoms with Crippen LogP contribution in [0, 0.1) is 5.82 Å². The van der Waals surface area contributed by atoms with E-state index in [9.17, 15) is 4.39 Å². The van der Waals surface area contributed by atoms with Gasteiger partial charge in [0.25, 0.3) is 5.89 Å². The van der Waals surface area contributed by atoms with Gasteiger partial charge in [-0.2, -0.15) is 4.98 Å². The van der Waals surface area contributed by atoms with Gasteiger partial charge in [-0.3, -0.25) is 0 Å². The topological polar surface area (TPSA) is 54.2 Å². The van der Waals surface area contributed by atoms with Crippen molar-refractivity contribution < 1.29 is 8.91 Å². The van der Waals surface area contributed by atoms with E-state index in [-0.39, 0.29) is 11.9 Å². The van der Waals surface area contributed by atoms with Gasteiger partial charge < -0.3 is 14.7 Å². The molecule has 0 saturated heterocycles. The smallest absolute Gasteiger partial charge is 0.258 e. The second kappa shape index (κ2) is 9.37. The van der Waals surface area contributed by atoms with Crippen LogP contribution < -0.4 is 5.32 Å². The minimum absolute atomic E-state index is 0.309. The Morgan fingerprint density at radius 1 is 1.06 bits per heavy atom. The number of aromatic nitrogens is 2. The summed E-state index contributed by atoms with van der Waals surface area (Å²) in [6.07, 6.45) is 0. The monoisotopic (exact) mass is 490 g/mol. The molecule has 1 atom stereocenters. The van der Waals surface area contributed by atoms with E-state index >= 15 is 0 Å². The number of halogens is 2. The maximum absolute atomic E-state index is 13.6. The van der Waals surface area contributed by atoms with Gasteiger partial charge >= 0.3 is 0 Å². The molecular weight excluding hydrogens is 471 g/mol. The summed E-state index contributed by atoms with van der Waals surface area (Å²) in [6, 6.07) is 23.2. The molecule has 1 aromatic heterocycles. The van der Waals surface area contributed by atoms with Gasteiger partial charge in [0.1, 0.15) is 5.82 Å². The maximum Gasteiger partial charge on any atom is 0.258 e. The number of nitrogens with one attached hydrogen (secondary N) is 1. The molecule has 5 rings (SSSR count). The van der Waals surface area contributed by atoms with Crippen LogP contribution in [-0.4, -0.2) is 20.2 Å². The van der Waals surface area contributed by atoms with Crippen molar-refractivity contribution in [2.24, 2.45) is 0 Å². The average molecular weight is 491 g/mol. The van der Waals surface area contributed by atoms with Crippen LogP contribution in [0.1, 0.15) is 30.0 Å². The lowest BCUT2D eigenvalue weighted by atomic mass is 9.94. The molecule has 3 aromatic carbocycles. The summed E-state index contributed by atoms with van der Waals surface area (Å²) in [4.78, 5) is 6.66. The van der Waals surface area contributed by atoms with Crippen molar-refractivity contribution in [1.82, 2.24) is 20.4 Å². The zero-order valence-electron chi connectivity index (χ0n) is 18.2. The summed E-state index contributed by atoms with van der Waals surface area (Å²) >= 11 is 11.9. The first-order valence-electron chi connectivity index (χ1n) is 10.7. The van der Waals surface area contributed by atoms with Gasteiger partial charge in [-0.25, -0.2) is 4.39 Å². The Bertz CT molecular complexity index is 1370. The van der Waals surface area contributed by atoms with Crippen molar-refractivity contribution in [2.75, 3.05) is 0 Å². The highest BCUT2D eigenvalue weighted by molar-refractivity contribution is 7.80. The number of hydrogen-bond acceptors (Lipinski definition) is 4. The first kappa shape index (κ1) is 22.3. The Balaban J connectivity index is 1.60. The lowest BCUT2D eigenvalue weighted by Crippen LogP contribution is -2.45. The van der Waals surface area contributed by atoms with Crippen molar-refractivity contribution in [3.63, 3.8) is 0 Å². The summed E-state index contributed by atoms with van der Waals surface area (Å²) in [6.45, 7) is 2.48. The molecule has 1 aliphatic heterocycles. The first-order chi connectivity index (χ1) is 16.5. The SMILES string of the molecule is CC1=C(c2nc(-c3ccccc3)no2)C(c2ccc(F)cc2)NC(=S)N1Cc1cccc(Cl)c1. The summed E-state index contributed by atoms with van der Waals surface area (Å²) in [7, 11) is 0. The maximum atomic E-state index is 13.6. The molecule has 0 aliphatic carbocycles. The highest BCUT2D eigenvalue weighted by atomic mass is 35.5. The molecule has 0 bridgehead atoms. The Morgan fingerprint density at radius 3 is 2.56 bits per heavy atom. The van der Waals surface area contributed by atoms with Gasteiger partial charge in [-0.1, -0.05) is 71.4 Å². The van der Waals surface area contributed by atoms with Gasteiger partial charge in [0.2, 0.25) is 5.82 Å². The third-order valence-electron chi connectivity index (χ3n) is 5.72. The van der Waals surface area contributed by atoms with Gasteiger partial charge in [0.15, 0.2) is 5.11 Å². The van der Waals surface area contributed by atoms with Crippen LogP contribution in [0.3, 0.4) is 0 Å². The fraction of sp³-hybridized carbons (Fsp3) is 0.115. The van der Waals surface area contributed by atoms with Crippen LogP contribution in [0.4, 0.5) is 4.39 Å². The normalized spacial score (nSPS) is 16.0. The molecule has 0 radical (unpaired) electrons. The van der Waals surface area contributed by atoms with E-state index in [4.69, 9.17) is 28.3 Å². The van der Waals surface area contributed by atoms with Crippen LogP contribution in [-0.2, 0) is 6.54 Å². The predicted molar refractivity (Wildman–Crippen MR) is 134 cm³/mol. The second-order valence-corrected chi connectivity index (χ2v) is 8.76. The van der Waals surface area contributed by atoms with Gasteiger partial charge in [0, 0.05) is 16.3 Å². The van der Waals surface area contributed by atoms with Crippen LogP contribution in [0.25, 0.3) is 17.0 Å². The fourth-order valence-corrected chi connectivity index (χ4v) is 4.54. The van der Waals surface area contributed by atoms with Crippen molar-refractivity contribution in [3.05, 3.63) is 112 Å². The molecule has 0 saturated carbocycles. The zero-order valence-corrected chi connectivity index (χ0v) is 19.8. The van der Waals surface area contributed by atoms with Crippen LogP contribution >= 0.6 is 23.8 Å². The van der Waals surface area contributed by atoms with Gasteiger partial charge in [-0.05, 0) is 54.5 Å². The Morgan fingerprint density at radius 2 is 1.82 bits per heavy atom. The number of rotatable bonds is 5. The number of thiocarbonyl (C=S) groups is 1. The number of benzene rings is 3. The number of allylic oxidation sites excluding steroid dienone is 1. The third-order valence-corrected chi connectivity index (χ3v) is 6.29. The van der Waals surface area contributed by atoms with Crippen molar-refractivity contribution in [1.29, 1.82) is 0 Å². The largest absolute Gasteiger partial charge is 0.351 e. The van der Waals surface area contributed by atoms with Crippen LogP contribution in [0.2, 0.25) is 5.02 Å². The van der Waals surface area contributed by atoms with Gasteiger partial charge in [0.05, 0.1) is 18.2 Å². The van der Waals surface area contributed by atoms with Crippen molar-refractivity contribution in [2.45, 2.75) is 19.5 Å². The summed E-state index contributed by atoms with van der Waals surface area (Å²) < 4.78 is 19.4. The molecular formula is C26H20ClFN4OS. The molecule has 1 aliphatic rings. The lowest BCUT2D eigenvalue weighted by molar-refractivity contribution is 0.396. The van der Waals surface area contributed by atoms with Crippen molar-refractivity contribution in [3.8, 4) is 11.4 Å².